The Labute approximate surface area is 156 Å². The Morgan fingerprint density at radius 3 is 2.44 bits per heavy atom. The molecule has 140 valence electrons. The van der Waals surface area contributed by atoms with Gasteiger partial charge in [0.15, 0.2) is 0 Å². The summed E-state index contributed by atoms with van der Waals surface area (Å²) in [4.78, 5) is 38.8. The molecular formula is C19H20FN5O2. The molecule has 2 aliphatic rings. The van der Waals surface area contributed by atoms with Gasteiger partial charge in [-0.25, -0.2) is 14.4 Å². The van der Waals surface area contributed by atoms with Gasteiger partial charge in [0.05, 0.1) is 11.6 Å². The van der Waals surface area contributed by atoms with Crippen LogP contribution in [-0.2, 0) is 9.59 Å². The van der Waals surface area contributed by atoms with Crippen LogP contribution >= 0.6 is 0 Å². The zero-order chi connectivity index (χ0) is 18.8. The van der Waals surface area contributed by atoms with Crippen LogP contribution < -0.4 is 9.80 Å². The van der Waals surface area contributed by atoms with Crippen molar-refractivity contribution in [1.29, 1.82) is 0 Å². The quantitative estimate of drug-likeness (QED) is 0.816. The highest BCUT2D eigenvalue weighted by atomic mass is 19.1. The molecule has 2 aromatic rings. The third kappa shape index (κ3) is 3.47. The van der Waals surface area contributed by atoms with E-state index in [9.17, 15) is 14.0 Å². The Bertz CT molecular complexity index is 839. The lowest BCUT2D eigenvalue weighted by atomic mass is 10.1. The van der Waals surface area contributed by atoms with Crippen molar-refractivity contribution in [2.75, 3.05) is 42.5 Å². The van der Waals surface area contributed by atoms with E-state index in [0.717, 1.165) is 0 Å². The molecule has 2 amide bonds. The van der Waals surface area contributed by atoms with Crippen LogP contribution in [0.3, 0.4) is 0 Å². The minimum Gasteiger partial charge on any atom is -0.339 e. The fraction of sp³-hybridized carbons (Fsp3) is 0.368. The van der Waals surface area contributed by atoms with Gasteiger partial charge >= 0.3 is 0 Å². The third-order valence-electron chi connectivity index (χ3n) is 5.04. The first-order chi connectivity index (χ1) is 13.1. The molecular weight excluding hydrogens is 349 g/mol. The molecule has 2 fully saturated rings. The first-order valence-electron chi connectivity index (χ1n) is 8.99. The van der Waals surface area contributed by atoms with Crippen LogP contribution in [0.15, 0.2) is 42.7 Å². The monoisotopic (exact) mass is 369 g/mol. The average Bonchev–Trinajstić information content (AvgIpc) is 3.10. The van der Waals surface area contributed by atoms with E-state index in [4.69, 9.17) is 0 Å². The van der Waals surface area contributed by atoms with Crippen molar-refractivity contribution < 1.29 is 14.0 Å². The van der Waals surface area contributed by atoms with Gasteiger partial charge in [0.1, 0.15) is 5.82 Å². The number of halogens is 1. The number of carbonyl (C=O) groups is 2. The molecule has 27 heavy (non-hydrogen) atoms. The van der Waals surface area contributed by atoms with Crippen molar-refractivity contribution >= 4 is 23.5 Å². The maximum atomic E-state index is 14.0. The summed E-state index contributed by atoms with van der Waals surface area (Å²) in [5.74, 6) is -0.482. The molecule has 0 radical (unpaired) electrons. The van der Waals surface area contributed by atoms with Gasteiger partial charge in [-0.15, -0.1) is 0 Å². The number of benzene rings is 1. The molecule has 7 nitrogen and oxygen atoms in total. The largest absolute Gasteiger partial charge is 0.339 e. The lowest BCUT2D eigenvalue weighted by molar-refractivity contribution is -0.136. The highest BCUT2D eigenvalue weighted by Crippen LogP contribution is 2.28. The molecule has 0 N–H and O–H groups in total. The van der Waals surface area contributed by atoms with Crippen LogP contribution in [0.25, 0.3) is 0 Å². The number of rotatable bonds is 3. The second kappa shape index (κ2) is 7.30. The van der Waals surface area contributed by atoms with Gasteiger partial charge in [0.25, 0.3) is 0 Å². The number of carbonyl (C=O) groups excluding carboxylic acids is 2. The van der Waals surface area contributed by atoms with Crippen molar-refractivity contribution in [3.8, 4) is 0 Å². The van der Waals surface area contributed by atoms with E-state index >= 15 is 0 Å². The minimum absolute atomic E-state index is 0.0455. The van der Waals surface area contributed by atoms with Crippen molar-refractivity contribution in [2.45, 2.75) is 6.42 Å². The average molecular weight is 369 g/mol. The molecule has 0 bridgehead atoms. The Morgan fingerprint density at radius 2 is 1.74 bits per heavy atom. The summed E-state index contributed by atoms with van der Waals surface area (Å²) in [6.07, 6.45) is 3.51. The van der Waals surface area contributed by atoms with E-state index in [1.54, 1.807) is 41.6 Å². The Kier molecular flexibility index (Phi) is 4.70. The Balaban J connectivity index is 1.38. The standard InChI is InChI=1S/C19H20FN5O2/c20-15-4-1-2-5-16(15)25-13-14(12-17(25)26)18(27)23-8-10-24(11-9-23)19-21-6-3-7-22-19/h1-7,14H,8-13H2/t14-/m1/s1. The molecule has 1 atom stereocenters. The topological polar surface area (TPSA) is 69.6 Å². The predicted octanol–water partition coefficient (Wildman–Crippen LogP) is 1.32. The molecule has 0 spiro atoms. The van der Waals surface area contributed by atoms with Crippen LogP contribution in [0.4, 0.5) is 16.0 Å². The number of para-hydroxylation sites is 1. The van der Waals surface area contributed by atoms with Gasteiger partial charge in [-0.2, -0.15) is 0 Å². The van der Waals surface area contributed by atoms with Crippen molar-refractivity contribution in [2.24, 2.45) is 5.92 Å². The van der Waals surface area contributed by atoms with Crippen LogP contribution in [-0.4, -0.2) is 59.4 Å². The fourth-order valence-electron chi connectivity index (χ4n) is 3.62. The second-order valence-corrected chi connectivity index (χ2v) is 6.72. The van der Waals surface area contributed by atoms with Crippen LogP contribution in [0, 0.1) is 11.7 Å². The summed E-state index contributed by atoms with van der Waals surface area (Å²) in [7, 11) is 0. The number of anilines is 2. The van der Waals surface area contributed by atoms with E-state index in [1.807, 2.05) is 4.90 Å². The first kappa shape index (κ1) is 17.4. The van der Waals surface area contributed by atoms with Gasteiger partial charge < -0.3 is 14.7 Å². The van der Waals surface area contributed by atoms with Crippen LogP contribution in [0.2, 0.25) is 0 Å². The Hall–Kier alpha value is -3.03. The third-order valence-corrected chi connectivity index (χ3v) is 5.04. The van der Waals surface area contributed by atoms with Gasteiger partial charge in [-0.05, 0) is 18.2 Å². The van der Waals surface area contributed by atoms with Gasteiger partial charge in [-0.3, -0.25) is 9.59 Å². The fourth-order valence-corrected chi connectivity index (χ4v) is 3.62. The van der Waals surface area contributed by atoms with E-state index in [-0.39, 0.29) is 30.5 Å². The molecule has 0 aliphatic carbocycles. The number of hydrogen-bond acceptors (Lipinski definition) is 5. The number of amides is 2. The number of nitrogens with zero attached hydrogens (tertiary/aromatic N) is 5. The normalized spacial score (nSPS) is 20.3. The van der Waals surface area contributed by atoms with E-state index in [0.29, 0.717) is 32.1 Å². The highest BCUT2D eigenvalue weighted by molar-refractivity contribution is 6.00. The van der Waals surface area contributed by atoms with Gasteiger partial charge in [-0.1, -0.05) is 12.1 Å². The summed E-state index contributed by atoms with van der Waals surface area (Å²) in [5.41, 5.74) is 0.240. The predicted molar refractivity (Wildman–Crippen MR) is 97.7 cm³/mol. The second-order valence-electron chi connectivity index (χ2n) is 6.72. The first-order valence-corrected chi connectivity index (χ1v) is 8.99. The van der Waals surface area contributed by atoms with Crippen LogP contribution in [0.5, 0.6) is 0 Å². The zero-order valence-corrected chi connectivity index (χ0v) is 14.8. The SMILES string of the molecule is O=C([C@@H]1CC(=O)N(c2ccccc2F)C1)N1CCN(c2ncccn2)CC1. The summed E-state index contributed by atoms with van der Waals surface area (Å²) < 4.78 is 14.0. The molecule has 2 aliphatic heterocycles. The molecule has 1 aromatic heterocycles. The molecule has 1 aromatic carbocycles. The summed E-state index contributed by atoms with van der Waals surface area (Å²) in [6, 6.07) is 7.92. The maximum Gasteiger partial charge on any atom is 0.228 e. The number of hydrogen-bond donors (Lipinski definition) is 0. The Morgan fingerprint density at radius 1 is 1.04 bits per heavy atom. The maximum absolute atomic E-state index is 14.0. The van der Waals surface area contributed by atoms with E-state index in [2.05, 4.69) is 9.97 Å². The lowest BCUT2D eigenvalue weighted by Crippen LogP contribution is -2.51. The lowest BCUT2D eigenvalue weighted by Gasteiger charge is -2.35. The molecule has 8 heteroatoms. The van der Waals surface area contributed by atoms with Crippen molar-refractivity contribution in [1.82, 2.24) is 14.9 Å². The van der Waals surface area contributed by atoms with Gasteiger partial charge in [0, 0.05) is 51.5 Å². The summed E-state index contributed by atoms with van der Waals surface area (Å²) >= 11 is 0. The molecule has 0 unspecified atom stereocenters. The molecule has 4 rings (SSSR count). The van der Waals surface area contributed by atoms with Gasteiger partial charge in [0.2, 0.25) is 17.8 Å². The highest BCUT2D eigenvalue weighted by Gasteiger charge is 2.38. The molecule has 0 saturated carbocycles. The summed E-state index contributed by atoms with van der Waals surface area (Å²) in [6.45, 7) is 2.63. The minimum atomic E-state index is -0.449. The van der Waals surface area contributed by atoms with Crippen molar-refractivity contribution in [3.63, 3.8) is 0 Å². The molecule has 3 heterocycles. The van der Waals surface area contributed by atoms with Crippen molar-refractivity contribution in [3.05, 3.63) is 48.5 Å². The molecule has 2 saturated heterocycles. The number of piperazine rings is 1. The summed E-state index contributed by atoms with van der Waals surface area (Å²) in [5, 5.41) is 0. The number of aromatic nitrogens is 2. The van der Waals surface area contributed by atoms with E-state index in [1.165, 1.54) is 11.0 Å². The van der Waals surface area contributed by atoms with Crippen LogP contribution in [0.1, 0.15) is 6.42 Å². The zero-order valence-electron chi connectivity index (χ0n) is 14.8. The smallest absolute Gasteiger partial charge is 0.228 e. The van der Waals surface area contributed by atoms with E-state index < -0.39 is 11.7 Å².